The minimum atomic E-state index is -1.08. The molecule has 2 aromatic rings. The summed E-state index contributed by atoms with van der Waals surface area (Å²) >= 11 is 0. The van der Waals surface area contributed by atoms with Crippen molar-refractivity contribution in [2.24, 2.45) is 0 Å². The lowest BCUT2D eigenvalue weighted by Gasteiger charge is -2.15. The Kier molecular flexibility index (Phi) is 6.22. The third-order valence-electron chi connectivity index (χ3n) is 3.87. The van der Waals surface area contributed by atoms with Crippen molar-refractivity contribution in [1.82, 2.24) is 0 Å². The summed E-state index contributed by atoms with van der Waals surface area (Å²) in [4.78, 5) is 23.4. The highest BCUT2D eigenvalue weighted by Gasteiger charge is 2.14. The van der Waals surface area contributed by atoms with Crippen LogP contribution in [0.3, 0.4) is 0 Å². The van der Waals surface area contributed by atoms with Crippen LogP contribution in [0.4, 0.5) is 5.69 Å². The first kappa shape index (κ1) is 19.3. The van der Waals surface area contributed by atoms with Gasteiger partial charge in [-0.3, -0.25) is 4.79 Å². The van der Waals surface area contributed by atoms with Crippen molar-refractivity contribution in [2.75, 3.05) is 19.0 Å². The molecular formula is C20H23NO5. The zero-order valence-electron chi connectivity index (χ0n) is 15.3. The molecule has 0 aliphatic carbocycles. The molecule has 26 heavy (non-hydrogen) atoms. The summed E-state index contributed by atoms with van der Waals surface area (Å²) < 4.78 is 10.9. The number of methoxy groups -OCH3 is 1. The highest BCUT2D eigenvalue weighted by Crippen LogP contribution is 2.28. The van der Waals surface area contributed by atoms with Crippen LogP contribution < -0.4 is 14.8 Å². The van der Waals surface area contributed by atoms with Gasteiger partial charge < -0.3 is 19.9 Å². The molecule has 0 heterocycles. The summed E-state index contributed by atoms with van der Waals surface area (Å²) in [5.41, 5.74) is 2.41. The van der Waals surface area contributed by atoms with E-state index in [9.17, 15) is 9.59 Å². The Bertz CT molecular complexity index is 814. The zero-order chi connectivity index (χ0) is 19.3. The molecule has 2 rings (SSSR count). The molecule has 0 atom stereocenters. The number of carbonyl (C=O) groups excluding carboxylic acids is 1. The molecule has 2 N–H and O–H groups in total. The maximum absolute atomic E-state index is 12.3. The number of aryl methyl sites for hydroxylation is 1. The number of hydrogen-bond donors (Lipinski definition) is 2. The predicted molar refractivity (Wildman–Crippen MR) is 99.3 cm³/mol. The van der Waals surface area contributed by atoms with E-state index >= 15 is 0 Å². The predicted octanol–water partition coefficient (Wildman–Crippen LogP) is 3.84. The van der Waals surface area contributed by atoms with Crippen LogP contribution in [0.15, 0.2) is 36.4 Å². The molecule has 0 unspecified atom stereocenters. The summed E-state index contributed by atoms with van der Waals surface area (Å²) in [5.74, 6) is -0.174. The second-order valence-electron chi connectivity index (χ2n) is 6.25. The Balaban J connectivity index is 2.12. The Morgan fingerprint density at radius 1 is 1.12 bits per heavy atom. The number of rotatable bonds is 7. The molecule has 0 radical (unpaired) electrons. The van der Waals surface area contributed by atoms with E-state index in [0.29, 0.717) is 11.5 Å². The number of carboxylic acid groups (broad SMARTS) is 1. The molecule has 0 fully saturated rings. The van der Waals surface area contributed by atoms with Crippen LogP contribution in [0.1, 0.15) is 41.3 Å². The van der Waals surface area contributed by atoms with Gasteiger partial charge in [0, 0.05) is 0 Å². The maximum atomic E-state index is 12.3. The van der Waals surface area contributed by atoms with Crippen molar-refractivity contribution in [2.45, 2.75) is 26.7 Å². The summed E-state index contributed by atoms with van der Waals surface area (Å²) in [6.45, 7) is 5.88. The average Bonchev–Trinajstić information content (AvgIpc) is 2.59. The molecule has 2 aromatic carbocycles. The maximum Gasteiger partial charge on any atom is 0.335 e. The van der Waals surface area contributed by atoms with E-state index in [1.165, 1.54) is 25.3 Å². The van der Waals surface area contributed by atoms with Gasteiger partial charge in [0.15, 0.2) is 6.61 Å². The number of hydrogen-bond acceptors (Lipinski definition) is 4. The lowest BCUT2D eigenvalue weighted by molar-refractivity contribution is -0.118. The zero-order valence-corrected chi connectivity index (χ0v) is 15.3. The molecule has 0 bridgehead atoms. The summed E-state index contributed by atoms with van der Waals surface area (Å²) in [6, 6.07) is 10.2. The average molecular weight is 357 g/mol. The molecule has 138 valence electrons. The quantitative estimate of drug-likeness (QED) is 0.786. The van der Waals surface area contributed by atoms with Crippen LogP contribution in [-0.4, -0.2) is 30.7 Å². The SMILES string of the molecule is COc1ccc(C(=O)O)cc1NC(=O)COc1cc(C)ccc1C(C)C. The van der Waals surface area contributed by atoms with Crippen LogP contribution in [-0.2, 0) is 4.79 Å². The number of nitrogens with one attached hydrogen (secondary N) is 1. The van der Waals surface area contributed by atoms with E-state index in [4.69, 9.17) is 14.6 Å². The van der Waals surface area contributed by atoms with E-state index < -0.39 is 11.9 Å². The van der Waals surface area contributed by atoms with Gasteiger partial charge in [-0.15, -0.1) is 0 Å². The minimum Gasteiger partial charge on any atom is -0.495 e. The fourth-order valence-electron chi connectivity index (χ4n) is 2.51. The van der Waals surface area contributed by atoms with Gasteiger partial charge in [-0.1, -0.05) is 26.0 Å². The molecule has 1 amide bonds. The number of amides is 1. The number of anilines is 1. The Hall–Kier alpha value is -3.02. The standard InChI is InChI=1S/C20H23NO5/c1-12(2)15-7-5-13(3)9-18(15)26-11-19(22)21-16-10-14(20(23)24)6-8-17(16)25-4/h5-10,12H,11H2,1-4H3,(H,21,22)(H,23,24). The topological polar surface area (TPSA) is 84.9 Å². The highest BCUT2D eigenvalue weighted by atomic mass is 16.5. The first-order valence-electron chi connectivity index (χ1n) is 8.26. The lowest BCUT2D eigenvalue weighted by atomic mass is 10.0. The molecule has 6 nitrogen and oxygen atoms in total. The lowest BCUT2D eigenvalue weighted by Crippen LogP contribution is -2.21. The molecular weight excluding hydrogens is 334 g/mol. The number of ether oxygens (including phenoxy) is 2. The van der Waals surface area contributed by atoms with E-state index in [1.807, 2.05) is 25.1 Å². The van der Waals surface area contributed by atoms with Crippen LogP contribution in [0.2, 0.25) is 0 Å². The summed E-state index contributed by atoms with van der Waals surface area (Å²) in [7, 11) is 1.45. The van der Waals surface area contributed by atoms with Crippen molar-refractivity contribution in [3.8, 4) is 11.5 Å². The number of carboxylic acids is 1. The van der Waals surface area contributed by atoms with E-state index in [-0.39, 0.29) is 23.8 Å². The molecule has 0 aromatic heterocycles. The summed E-state index contributed by atoms with van der Waals surface area (Å²) in [5, 5.41) is 11.7. The van der Waals surface area contributed by atoms with Gasteiger partial charge in [0.05, 0.1) is 18.4 Å². The van der Waals surface area contributed by atoms with Crippen LogP contribution in [0, 0.1) is 6.92 Å². The third-order valence-corrected chi connectivity index (χ3v) is 3.87. The van der Waals surface area contributed by atoms with Crippen molar-refractivity contribution < 1.29 is 24.2 Å². The third kappa shape index (κ3) is 4.75. The first-order chi connectivity index (χ1) is 12.3. The molecule has 0 spiro atoms. The largest absolute Gasteiger partial charge is 0.495 e. The Morgan fingerprint density at radius 3 is 2.46 bits per heavy atom. The molecule has 0 saturated carbocycles. The Morgan fingerprint density at radius 2 is 1.85 bits per heavy atom. The van der Waals surface area contributed by atoms with Crippen molar-refractivity contribution in [1.29, 1.82) is 0 Å². The molecule has 0 saturated heterocycles. The van der Waals surface area contributed by atoms with E-state index in [0.717, 1.165) is 11.1 Å². The van der Waals surface area contributed by atoms with Gasteiger partial charge in [0.25, 0.3) is 5.91 Å². The van der Waals surface area contributed by atoms with Gasteiger partial charge in [-0.2, -0.15) is 0 Å². The highest BCUT2D eigenvalue weighted by molar-refractivity contribution is 5.96. The van der Waals surface area contributed by atoms with Gasteiger partial charge in [-0.25, -0.2) is 4.79 Å². The van der Waals surface area contributed by atoms with Gasteiger partial charge >= 0.3 is 5.97 Å². The monoisotopic (exact) mass is 357 g/mol. The second kappa shape index (κ2) is 8.38. The molecule has 0 aliphatic heterocycles. The first-order valence-corrected chi connectivity index (χ1v) is 8.26. The molecule has 6 heteroatoms. The smallest absolute Gasteiger partial charge is 0.335 e. The van der Waals surface area contributed by atoms with Crippen molar-refractivity contribution in [3.63, 3.8) is 0 Å². The van der Waals surface area contributed by atoms with Gasteiger partial charge in [-0.05, 0) is 48.2 Å². The second-order valence-corrected chi connectivity index (χ2v) is 6.25. The van der Waals surface area contributed by atoms with Gasteiger partial charge in [0.2, 0.25) is 0 Å². The van der Waals surface area contributed by atoms with Crippen LogP contribution in [0.5, 0.6) is 11.5 Å². The summed E-state index contributed by atoms with van der Waals surface area (Å²) in [6.07, 6.45) is 0. The number of aromatic carboxylic acids is 1. The van der Waals surface area contributed by atoms with E-state index in [1.54, 1.807) is 0 Å². The normalized spacial score (nSPS) is 10.5. The molecule has 0 aliphatic rings. The minimum absolute atomic E-state index is 0.0581. The Labute approximate surface area is 152 Å². The van der Waals surface area contributed by atoms with Crippen LogP contribution in [0.25, 0.3) is 0 Å². The fraction of sp³-hybridized carbons (Fsp3) is 0.300. The van der Waals surface area contributed by atoms with Crippen molar-refractivity contribution in [3.05, 3.63) is 53.1 Å². The van der Waals surface area contributed by atoms with Gasteiger partial charge in [0.1, 0.15) is 11.5 Å². The van der Waals surface area contributed by atoms with Crippen LogP contribution >= 0.6 is 0 Å². The fourth-order valence-corrected chi connectivity index (χ4v) is 2.51. The van der Waals surface area contributed by atoms with Crippen molar-refractivity contribution >= 4 is 17.6 Å². The van der Waals surface area contributed by atoms with E-state index in [2.05, 4.69) is 19.2 Å². The number of benzene rings is 2. The number of carbonyl (C=O) groups is 2.